The van der Waals surface area contributed by atoms with Gasteiger partial charge >= 0.3 is 0 Å². The minimum atomic E-state index is -0.159. The zero-order valence-corrected chi connectivity index (χ0v) is 11.1. The first-order valence-corrected chi connectivity index (χ1v) is 6.42. The molecule has 1 aromatic carbocycles. The van der Waals surface area contributed by atoms with Crippen molar-refractivity contribution in [2.45, 2.75) is 18.7 Å². The van der Waals surface area contributed by atoms with Gasteiger partial charge in [-0.05, 0) is 24.3 Å². The molecule has 0 spiro atoms. The van der Waals surface area contributed by atoms with Crippen LogP contribution in [0.15, 0.2) is 28.3 Å². The fourth-order valence-electron chi connectivity index (χ4n) is 1.32. The molecule has 0 unspecified atom stereocenters. The van der Waals surface area contributed by atoms with Crippen molar-refractivity contribution in [2.24, 2.45) is 5.16 Å². The molecule has 0 atom stereocenters. The van der Waals surface area contributed by atoms with E-state index in [4.69, 9.17) is 15.4 Å². The molecule has 0 N–H and O–H groups in total. The number of nitrogens with zero attached hydrogens (tertiary/aromatic N) is 3. The minimum absolute atomic E-state index is 0.159. The maximum Gasteiger partial charge on any atom is 0.202 e. The Labute approximate surface area is 111 Å². The Kier molecular flexibility index (Phi) is 5.76. The summed E-state index contributed by atoms with van der Waals surface area (Å²) in [6.07, 6.45) is 0. The van der Waals surface area contributed by atoms with Crippen LogP contribution in [0.1, 0.15) is 18.1 Å². The molecular formula is C13H13N3OS. The quantitative estimate of drug-likeness (QED) is 0.353. The molecule has 0 saturated heterocycles. The fraction of sp³-hybridized carbons (Fsp3) is 0.308. The zero-order chi connectivity index (χ0) is 13.4. The van der Waals surface area contributed by atoms with Crippen molar-refractivity contribution in [1.29, 1.82) is 10.5 Å². The van der Waals surface area contributed by atoms with E-state index in [1.807, 2.05) is 31.2 Å². The molecule has 0 aliphatic heterocycles. The summed E-state index contributed by atoms with van der Waals surface area (Å²) >= 11 is 1.71. The first-order valence-electron chi connectivity index (χ1n) is 5.43. The molecule has 0 saturated carbocycles. The molecule has 0 bridgehead atoms. The van der Waals surface area contributed by atoms with E-state index >= 15 is 0 Å². The Balaban J connectivity index is 3.01. The van der Waals surface area contributed by atoms with Crippen molar-refractivity contribution in [1.82, 2.24) is 0 Å². The number of oxime groups is 1. The average molecular weight is 259 g/mol. The standard InChI is InChI=1S/C13H13N3OS/c1-3-18-13-8-11(5-4-10(13)2)12(9-15)16-17-7-6-14/h4-5,8H,3,7H2,1-2H3/b16-12+. The highest BCUT2D eigenvalue weighted by Gasteiger charge is 2.07. The number of aryl methyl sites for hydroxylation is 1. The van der Waals surface area contributed by atoms with E-state index in [0.717, 1.165) is 10.6 Å². The van der Waals surface area contributed by atoms with Crippen molar-refractivity contribution < 1.29 is 4.84 Å². The molecule has 4 nitrogen and oxygen atoms in total. The van der Waals surface area contributed by atoms with E-state index < -0.39 is 0 Å². The third kappa shape index (κ3) is 3.80. The van der Waals surface area contributed by atoms with Gasteiger partial charge in [-0.1, -0.05) is 24.2 Å². The highest BCUT2D eigenvalue weighted by atomic mass is 32.2. The summed E-state index contributed by atoms with van der Waals surface area (Å²) in [4.78, 5) is 5.84. The van der Waals surface area contributed by atoms with Crippen LogP contribution >= 0.6 is 11.8 Å². The van der Waals surface area contributed by atoms with Crippen LogP contribution in [0.25, 0.3) is 0 Å². The summed E-state index contributed by atoms with van der Waals surface area (Å²) in [5.74, 6) is 0.967. The van der Waals surface area contributed by atoms with Crippen molar-refractivity contribution >= 4 is 17.5 Å². The molecule has 0 fully saturated rings. The van der Waals surface area contributed by atoms with Crippen LogP contribution in [-0.4, -0.2) is 18.1 Å². The molecule has 0 amide bonds. The second-order valence-corrected chi connectivity index (χ2v) is 4.70. The van der Waals surface area contributed by atoms with E-state index in [2.05, 4.69) is 12.1 Å². The number of thioether (sulfide) groups is 1. The van der Waals surface area contributed by atoms with Crippen LogP contribution < -0.4 is 0 Å². The largest absolute Gasteiger partial charge is 0.379 e. The van der Waals surface area contributed by atoms with Crippen LogP contribution in [0.2, 0.25) is 0 Å². The smallest absolute Gasteiger partial charge is 0.202 e. The molecule has 1 rings (SSSR count). The fourth-order valence-corrected chi connectivity index (χ4v) is 2.14. The van der Waals surface area contributed by atoms with Gasteiger partial charge in [0, 0.05) is 10.5 Å². The second-order valence-electron chi connectivity index (χ2n) is 3.40. The summed E-state index contributed by atoms with van der Waals surface area (Å²) in [7, 11) is 0. The lowest BCUT2D eigenvalue weighted by atomic mass is 10.1. The maximum absolute atomic E-state index is 9.02. The van der Waals surface area contributed by atoms with E-state index in [9.17, 15) is 0 Å². The summed E-state index contributed by atoms with van der Waals surface area (Å²) in [5.41, 5.74) is 2.06. The Bertz CT molecular complexity index is 526. The number of nitriles is 2. The normalized spacial score (nSPS) is 10.6. The van der Waals surface area contributed by atoms with Gasteiger partial charge in [0.1, 0.15) is 12.1 Å². The van der Waals surface area contributed by atoms with Crippen LogP contribution in [-0.2, 0) is 4.84 Å². The molecule has 5 heteroatoms. The predicted molar refractivity (Wildman–Crippen MR) is 71.3 cm³/mol. The molecular weight excluding hydrogens is 246 g/mol. The van der Waals surface area contributed by atoms with Gasteiger partial charge in [0.15, 0.2) is 5.71 Å². The van der Waals surface area contributed by atoms with Crippen LogP contribution in [0.5, 0.6) is 0 Å². The summed E-state index contributed by atoms with van der Waals surface area (Å²) in [6, 6.07) is 9.46. The number of hydrogen-bond donors (Lipinski definition) is 0. The van der Waals surface area contributed by atoms with E-state index in [0.29, 0.717) is 5.56 Å². The molecule has 1 aromatic rings. The van der Waals surface area contributed by atoms with Gasteiger partial charge in [-0.25, -0.2) is 0 Å². The average Bonchev–Trinajstić information content (AvgIpc) is 2.38. The van der Waals surface area contributed by atoms with Crippen molar-refractivity contribution in [3.8, 4) is 12.1 Å². The third-order valence-corrected chi connectivity index (χ3v) is 3.19. The lowest BCUT2D eigenvalue weighted by Crippen LogP contribution is -2.00. The maximum atomic E-state index is 9.02. The summed E-state index contributed by atoms with van der Waals surface area (Å²) in [6.45, 7) is 3.94. The zero-order valence-electron chi connectivity index (χ0n) is 10.3. The van der Waals surface area contributed by atoms with E-state index in [-0.39, 0.29) is 12.3 Å². The van der Waals surface area contributed by atoms with Gasteiger partial charge in [0.05, 0.1) is 0 Å². The van der Waals surface area contributed by atoms with Crippen molar-refractivity contribution in [3.63, 3.8) is 0 Å². The lowest BCUT2D eigenvalue weighted by Gasteiger charge is -2.06. The van der Waals surface area contributed by atoms with E-state index in [1.165, 1.54) is 5.56 Å². The second kappa shape index (κ2) is 7.37. The highest BCUT2D eigenvalue weighted by molar-refractivity contribution is 7.99. The monoisotopic (exact) mass is 259 g/mol. The molecule has 0 aliphatic carbocycles. The molecule has 0 aromatic heterocycles. The van der Waals surface area contributed by atoms with Crippen molar-refractivity contribution in [3.05, 3.63) is 29.3 Å². The topological polar surface area (TPSA) is 69.2 Å². The van der Waals surface area contributed by atoms with E-state index in [1.54, 1.807) is 17.8 Å². The molecule has 0 heterocycles. The first-order chi connectivity index (χ1) is 8.72. The predicted octanol–water partition coefficient (Wildman–Crippen LogP) is 2.87. The highest BCUT2D eigenvalue weighted by Crippen LogP contribution is 2.23. The van der Waals surface area contributed by atoms with Gasteiger partial charge in [-0.15, -0.1) is 11.8 Å². The van der Waals surface area contributed by atoms with Crippen LogP contribution in [0, 0.1) is 29.6 Å². The molecule has 0 aliphatic rings. The number of benzene rings is 1. The minimum Gasteiger partial charge on any atom is -0.379 e. The van der Waals surface area contributed by atoms with Gasteiger partial charge < -0.3 is 4.84 Å². The van der Waals surface area contributed by atoms with Gasteiger partial charge in [-0.3, -0.25) is 0 Å². The first kappa shape index (κ1) is 14.1. The van der Waals surface area contributed by atoms with Gasteiger partial charge in [0.2, 0.25) is 6.61 Å². The Hall–Kier alpha value is -1.98. The Morgan fingerprint density at radius 3 is 2.83 bits per heavy atom. The third-order valence-electron chi connectivity index (χ3n) is 2.15. The molecule has 18 heavy (non-hydrogen) atoms. The molecule has 0 radical (unpaired) electrons. The Morgan fingerprint density at radius 1 is 1.44 bits per heavy atom. The molecule has 92 valence electrons. The Morgan fingerprint density at radius 2 is 2.22 bits per heavy atom. The van der Waals surface area contributed by atoms with Crippen LogP contribution in [0.4, 0.5) is 0 Å². The van der Waals surface area contributed by atoms with Crippen LogP contribution in [0.3, 0.4) is 0 Å². The summed E-state index contributed by atoms with van der Waals surface area (Å²) in [5, 5.41) is 21.0. The number of hydrogen-bond acceptors (Lipinski definition) is 5. The van der Waals surface area contributed by atoms with Gasteiger partial charge in [-0.2, -0.15) is 10.5 Å². The SMILES string of the molecule is CCSc1cc(/C(C#N)=N/OCC#N)ccc1C. The number of rotatable bonds is 5. The van der Waals surface area contributed by atoms with Gasteiger partial charge in [0.25, 0.3) is 0 Å². The lowest BCUT2D eigenvalue weighted by molar-refractivity contribution is 0.179. The summed E-state index contributed by atoms with van der Waals surface area (Å²) < 4.78 is 0. The van der Waals surface area contributed by atoms with Crippen molar-refractivity contribution in [2.75, 3.05) is 12.4 Å².